The van der Waals surface area contributed by atoms with Crippen LogP contribution in [0.2, 0.25) is 0 Å². The molecule has 0 aliphatic rings. The number of rotatable bonds is 4. The van der Waals surface area contributed by atoms with Crippen molar-refractivity contribution in [2.24, 2.45) is 0 Å². The molecule has 2 aromatic carbocycles. The summed E-state index contributed by atoms with van der Waals surface area (Å²) in [5.74, 6) is -0.0146. The van der Waals surface area contributed by atoms with Gasteiger partial charge in [0, 0.05) is 11.3 Å². The molecule has 0 fully saturated rings. The van der Waals surface area contributed by atoms with E-state index < -0.39 is 0 Å². The van der Waals surface area contributed by atoms with E-state index in [4.69, 9.17) is 0 Å². The molecule has 19 heavy (non-hydrogen) atoms. The van der Waals surface area contributed by atoms with Crippen molar-refractivity contribution >= 4 is 11.6 Å². The molecule has 0 aromatic heterocycles. The third kappa shape index (κ3) is 2.91. The van der Waals surface area contributed by atoms with Crippen molar-refractivity contribution in [3.05, 3.63) is 78.9 Å². The topological polar surface area (TPSA) is 20.3 Å². The summed E-state index contributed by atoms with van der Waals surface area (Å²) < 4.78 is 0. The summed E-state index contributed by atoms with van der Waals surface area (Å²) in [6.07, 6.45) is 1.77. The first-order valence-corrected chi connectivity index (χ1v) is 6.30. The number of nitrogens with zero attached hydrogens (tertiary/aromatic N) is 1. The first-order valence-electron chi connectivity index (χ1n) is 6.30. The van der Waals surface area contributed by atoms with Crippen LogP contribution < -0.4 is 4.90 Å². The largest absolute Gasteiger partial charge is 0.302 e. The van der Waals surface area contributed by atoms with Gasteiger partial charge in [-0.1, -0.05) is 42.5 Å². The summed E-state index contributed by atoms with van der Waals surface area (Å²) in [6.45, 7) is 5.75. The van der Waals surface area contributed by atoms with Gasteiger partial charge in [-0.2, -0.15) is 0 Å². The van der Waals surface area contributed by atoms with E-state index >= 15 is 0 Å². The normalized spacial score (nSPS) is 11.6. The minimum absolute atomic E-state index is 0.0146. The van der Waals surface area contributed by atoms with Crippen molar-refractivity contribution < 1.29 is 4.79 Å². The molecule has 1 atom stereocenters. The van der Waals surface area contributed by atoms with Crippen molar-refractivity contribution in [1.29, 1.82) is 0 Å². The van der Waals surface area contributed by atoms with Crippen molar-refractivity contribution in [2.75, 3.05) is 4.90 Å². The Morgan fingerprint density at radius 2 is 1.58 bits per heavy atom. The fraction of sp³-hybridized carbons (Fsp3) is 0.118. The first-order chi connectivity index (χ1) is 9.24. The second-order valence-corrected chi connectivity index (χ2v) is 4.35. The van der Waals surface area contributed by atoms with Gasteiger partial charge in [-0.25, -0.2) is 0 Å². The van der Waals surface area contributed by atoms with Gasteiger partial charge in [0.1, 0.15) is 0 Å². The predicted molar refractivity (Wildman–Crippen MR) is 79.4 cm³/mol. The third-order valence-electron chi connectivity index (χ3n) is 3.02. The third-order valence-corrected chi connectivity index (χ3v) is 3.02. The van der Waals surface area contributed by atoms with E-state index in [2.05, 4.69) is 6.58 Å². The lowest BCUT2D eigenvalue weighted by atomic mass is 10.1. The van der Waals surface area contributed by atoms with E-state index in [-0.39, 0.29) is 11.9 Å². The number of carbonyl (C=O) groups is 1. The Bertz CT molecular complexity index is 548. The molecule has 96 valence electrons. The summed E-state index contributed by atoms with van der Waals surface area (Å²) in [6, 6.07) is 18.9. The summed E-state index contributed by atoms with van der Waals surface area (Å²) in [7, 11) is 0. The highest BCUT2D eigenvalue weighted by atomic mass is 16.2. The number of anilines is 1. The highest BCUT2D eigenvalue weighted by Gasteiger charge is 2.20. The molecule has 2 nitrogen and oxygen atoms in total. The monoisotopic (exact) mass is 251 g/mol. The molecule has 0 saturated heterocycles. The molecule has 0 bridgehead atoms. The quantitative estimate of drug-likeness (QED) is 0.754. The Labute approximate surface area is 114 Å². The Kier molecular flexibility index (Phi) is 4.14. The lowest BCUT2D eigenvalue weighted by Crippen LogP contribution is -2.37. The molecule has 1 amide bonds. The number of hydrogen-bond acceptors (Lipinski definition) is 1. The highest BCUT2D eigenvalue weighted by molar-refractivity contribution is 6.06. The zero-order chi connectivity index (χ0) is 13.7. The van der Waals surface area contributed by atoms with E-state index in [0.717, 1.165) is 5.69 Å². The average molecular weight is 251 g/mol. The summed E-state index contributed by atoms with van der Waals surface area (Å²) >= 11 is 0. The molecule has 0 aliphatic carbocycles. The van der Waals surface area contributed by atoms with Crippen LogP contribution in [0.5, 0.6) is 0 Å². The zero-order valence-electron chi connectivity index (χ0n) is 11.0. The van der Waals surface area contributed by atoms with Crippen LogP contribution in [0.4, 0.5) is 5.69 Å². The first kappa shape index (κ1) is 13.1. The molecule has 0 saturated carbocycles. The zero-order valence-corrected chi connectivity index (χ0v) is 11.0. The number of benzene rings is 2. The maximum atomic E-state index is 12.6. The molecule has 2 heteroatoms. The maximum absolute atomic E-state index is 12.6. The van der Waals surface area contributed by atoms with Crippen molar-refractivity contribution in [3.8, 4) is 0 Å². The molecule has 0 aliphatic heterocycles. The molecule has 2 aromatic rings. The van der Waals surface area contributed by atoms with Crippen LogP contribution in [0.15, 0.2) is 73.3 Å². The van der Waals surface area contributed by atoms with Gasteiger partial charge in [0.15, 0.2) is 0 Å². The highest BCUT2D eigenvalue weighted by Crippen LogP contribution is 2.20. The lowest BCUT2D eigenvalue weighted by molar-refractivity contribution is 0.0982. The molecular formula is C17H17NO. The van der Waals surface area contributed by atoms with Gasteiger partial charge >= 0.3 is 0 Å². The molecule has 2 rings (SSSR count). The fourth-order valence-electron chi connectivity index (χ4n) is 1.95. The van der Waals surface area contributed by atoms with E-state index in [1.807, 2.05) is 67.6 Å². The van der Waals surface area contributed by atoms with Crippen molar-refractivity contribution in [3.63, 3.8) is 0 Å². The van der Waals surface area contributed by atoms with Crippen molar-refractivity contribution in [2.45, 2.75) is 13.0 Å². The van der Waals surface area contributed by atoms with E-state index in [1.54, 1.807) is 11.0 Å². The van der Waals surface area contributed by atoms with Crippen LogP contribution in [0.1, 0.15) is 17.3 Å². The summed E-state index contributed by atoms with van der Waals surface area (Å²) in [5.41, 5.74) is 1.56. The Morgan fingerprint density at radius 1 is 1.05 bits per heavy atom. The minimum atomic E-state index is -0.0601. The molecular weight excluding hydrogens is 234 g/mol. The van der Waals surface area contributed by atoms with Crippen molar-refractivity contribution in [1.82, 2.24) is 0 Å². The Hall–Kier alpha value is -2.35. The van der Waals surface area contributed by atoms with Crippen LogP contribution in [-0.2, 0) is 0 Å². The fourth-order valence-corrected chi connectivity index (χ4v) is 1.95. The predicted octanol–water partition coefficient (Wildman–Crippen LogP) is 3.91. The average Bonchev–Trinajstić information content (AvgIpc) is 2.49. The van der Waals surface area contributed by atoms with Gasteiger partial charge in [0.25, 0.3) is 5.91 Å². The maximum Gasteiger partial charge on any atom is 0.258 e. The Morgan fingerprint density at radius 3 is 2.11 bits per heavy atom. The Balaban J connectivity index is 2.39. The molecule has 0 radical (unpaired) electrons. The van der Waals surface area contributed by atoms with E-state index in [9.17, 15) is 4.79 Å². The summed E-state index contributed by atoms with van der Waals surface area (Å²) in [4.78, 5) is 14.4. The van der Waals surface area contributed by atoms with Crippen LogP contribution in [-0.4, -0.2) is 11.9 Å². The lowest BCUT2D eigenvalue weighted by Gasteiger charge is -2.27. The second-order valence-electron chi connectivity index (χ2n) is 4.35. The standard InChI is InChI=1S/C17H17NO/c1-3-14(2)18(16-12-8-5-9-13-16)17(19)15-10-6-4-7-11-15/h3-14H,1H2,2H3. The van der Waals surface area contributed by atoms with Gasteiger partial charge in [-0.15, -0.1) is 6.58 Å². The van der Waals surface area contributed by atoms with E-state index in [0.29, 0.717) is 5.56 Å². The van der Waals surface area contributed by atoms with Gasteiger partial charge in [-0.05, 0) is 31.2 Å². The van der Waals surface area contributed by atoms with E-state index in [1.165, 1.54) is 0 Å². The molecule has 1 unspecified atom stereocenters. The van der Waals surface area contributed by atoms with Gasteiger partial charge in [0.2, 0.25) is 0 Å². The second kappa shape index (κ2) is 6.01. The molecule has 0 heterocycles. The minimum Gasteiger partial charge on any atom is -0.302 e. The van der Waals surface area contributed by atoms with Crippen LogP contribution in [0, 0.1) is 0 Å². The van der Waals surface area contributed by atoms with Crippen LogP contribution in [0.25, 0.3) is 0 Å². The number of para-hydroxylation sites is 1. The SMILES string of the molecule is C=CC(C)N(C(=O)c1ccccc1)c1ccccc1. The number of hydrogen-bond donors (Lipinski definition) is 0. The number of carbonyl (C=O) groups excluding carboxylic acids is 1. The summed E-state index contributed by atoms with van der Waals surface area (Å²) in [5, 5.41) is 0. The number of amides is 1. The van der Waals surface area contributed by atoms with Crippen LogP contribution in [0.3, 0.4) is 0 Å². The van der Waals surface area contributed by atoms with Crippen LogP contribution >= 0.6 is 0 Å². The molecule has 0 N–H and O–H groups in total. The molecule has 0 spiro atoms. The van der Waals surface area contributed by atoms with Gasteiger partial charge in [0.05, 0.1) is 6.04 Å². The van der Waals surface area contributed by atoms with Gasteiger partial charge < -0.3 is 4.90 Å². The van der Waals surface area contributed by atoms with Gasteiger partial charge in [-0.3, -0.25) is 4.79 Å². The smallest absolute Gasteiger partial charge is 0.258 e.